The van der Waals surface area contributed by atoms with Crippen molar-refractivity contribution in [2.24, 2.45) is 0 Å². The highest BCUT2D eigenvalue weighted by molar-refractivity contribution is 5.83. The minimum atomic E-state index is 0.504. The highest BCUT2D eigenvalue weighted by atomic mass is 16.1. The molecule has 0 spiro atoms. The van der Waals surface area contributed by atoms with Gasteiger partial charge in [0.2, 0.25) is 5.95 Å². The van der Waals surface area contributed by atoms with Crippen LogP contribution in [0.1, 0.15) is 16.1 Å². The summed E-state index contributed by atoms with van der Waals surface area (Å²) in [5.74, 6) is 0.504. The van der Waals surface area contributed by atoms with Gasteiger partial charge in [-0.15, -0.1) is 5.10 Å². The average Bonchev–Trinajstić information content (AvgIpc) is 3.04. The van der Waals surface area contributed by atoms with Gasteiger partial charge in [0.05, 0.1) is 0 Å². The van der Waals surface area contributed by atoms with Gasteiger partial charge in [-0.3, -0.25) is 9.78 Å². The van der Waals surface area contributed by atoms with Gasteiger partial charge in [0.15, 0.2) is 5.65 Å². The summed E-state index contributed by atoms with van der Waals surface area (Å²) >= 11 is 0. The first-order chi connectivity index (χ1) is 12.2. The molecule has 0 bridgehead atoms. The molecule has 1 aromatic carbocycles. The maximum atomic E-state index is 11.0. The van der Waals surface area contributed by atoms with Crippen LogP contribution in [0, 0.1) is 6.92 Å². The fourth-order valence-electron chi connectivity index (χ4n) is 2.72. The van der Waals surface area contributed by atoms with Gasteiger partial charge in [-0.25, -0.2) is 4.52 Å². The van der Waals surface area contributed by atoms with Gasteiger partial charge >= 0.3 is 0 Å². The minimum absolute atomic E-state index is 0.504. The Hall–Kier alpha value is -3.54. The molecule has 0 aliphatic heterocycles. The molecule has 0 radical (unpaired) electrons. The molecule has 122 valence electrons. The van der Waals surface area contributed by atoms with E-state index in [2.05, 4.69) is 20.4 Å². The van der Waals surface area contributed by atoms with E-state index in [0.717, 1.165) is 34.4 Å². The van der Waals surface area contributed by atoms with Gasteiger partial charge in [0.25, 0.3) is 0 Å². The highest BCUT2D eigenvalue weighted by Gasteiger charge is 2.10. The van der Waals surface area contributed by atoms with Crippen LogP contribution < -0.4 is 5.32 Å². The maximum absolute atomic E-state index is 11.0. The average molecular weight is 329 g/mol. The standard InChI is InChI=1S/C19H15N5O/c1-13-10-16(7-8-20-13)21-19-22-18-17(6-3-9-24(18)23-19)15-5-2-4-14(11-15)12-25/h2-12H,1H3,(H,20,21,23). The van der Waals surface area contributed by atoms with E-state index in [1.807, 2.05) is 55.6 Å². The Morgan fingerprint density at radius 3 is 2.88 bits per heavy atom. The molecule has 0 aliphatic carbocycles. The molecule has 0 amide bonds. The summed E-state index contributed by atoms with van der Waals surface area (Å²) in [4.78, 5) is 19.8. The highest BCUT2D eigenvalue weighted by Crippen LogP contribution is 2.25. The molecular formula is C19H15N5O. The number of carbonyl (C=O) groups excluding carboxylic acids is 1. The van der Waals surface area contributed by atoms with Crippen LogP contribution in [0.2, 0.25) is 0 Å². The summed E-state index contributed by atoms with van der Waals surface area (Å²) in [5.41, 5.74) is 4.99. The molecular weight excluding hydrogens is 314 g/mol. The number of benzene rings is 1. The number of aromatic nitrogens is 4. The van der Waals surface area contributed by atoms with Crippen molar-refractivity contribution in [3.63, 3.8) is 0 Å². The number of hydrogen-bond donors (Lipinski definition) is 1. The maximum Gasteiger partial charge on any atom is 0.247 e. The molecule has 0 unspecified atom stereocenters. The summed E-state index contributed by atoms with van der Waals surface area (Å²) in [7, 11) is 0. The molecule has 0 aliphatic rings. The lowest BCUT2D eigenvalue weighted by molar-refractivity contribution is 0.112. The van der Waals surface area contributed by atoms with Crippen LogP contribution in [0.3, 0.4) is 0 Å². The van der Waals surface area contributed by atoms with Crippen LogP contribution in [0.4, 0.5) is 11.6 Å². The van der Waals surface area contributed by atoms with Crippen LogP contribution in [0.5, 0.6) is 0 Å². The van der Waals surface area contributed by atoms with Crippen LogP contribution in [-0.2, 0) is 0 Å². The Morgan fingerprint density at radius 2 is 2.04 bits per heavy atom. The number of aldehydes is 1. The molecule has 3 aromatic heterocycles. The second-order valence-electron chi connectivity index (χ2n) is 5.68. The largest absolute Gasteiger partial charge is 0.323 e. The summed E-state index contributed by atoms with van der Waals surface area (Å²) in [6.45, 7) is 1.93. The normalized spacial score (nSPS) is 10.8. The second kappa shape index (κ2) is 6.16. The van der Waals surface area contributed by atoms with Crippen molar-refractivity contribution in [3.8, 4) is 11.1 Å². The molecule has 25 heavy (non-hydrogen) atoms. The summed E-state index contributed by atoms with van der Waals surface area (Å²) < 4.78 is 1.72. The Labute approximate surface area is 144 Å². The van der Waals surface area contributed by atoms with E-state index in [9.17, 15) is 4.79 Å². The van der Waals surface area contributed by atoms with E-state index >= 15 is 0 Å². The van der Waals surface area contributed by atoms with Crippen molar-refractivity contribution in [1.29, 1.82) is 0 Å². The molecule has 0 fully saturated rings. The molecule has 0 saturated carbocycles. The van der Waals surface area contributed by atoms with Crippen LogP contribution >= 0.6 is 0 Å². The first-order valence-electron chi connectivity index (χ1n) is 7.83. The van der Waals surface area contributed by atoms with E-state index < -0.39 is 0 Å². The first-order valence-corrected chi connectivity index (χ1v) is 7.83. The van der Waals surface area contributed by atoms with Gasteiger partial charge in [-0.2, -0.15) is 4.98 Å². The van der Waals surface area contributed by atoms with Crippen molar-refractivity contribution in [2.75, 3.05) is 5.32 Å². The van der Waals surface area contributed by atoms with E-state index in [4.69, 9.17) is 0 Å². The van der Waals surface area contributed by atoms with Crippen LogP contribution in [0.15, 0.2) is 60.9 Å². The molecule has 4 aromatic rings. The van der Waals surface area contributed by atoms with Gasteiger partial charge in [0.1, 0.15) is 6.29 Å². The molecule has 6 heteroatoms. The van der Waals surface area contributed by atoms with Crippen molar-refractivity contribution in [3.05, 3.63) is 72.2 Å². The summed E-state index contributed by atoms with van der Waals surface area (Å²) in [6, 6.07) is 15.1. The van der Waals surface area contributed by atoms with E-state index in [0.29, 0.717) is 11.5 Å². The molecule has 1 N–H and O–H groups in total. The Kier molecular flexibility index (Phi) is 3.70. The minimum Gasteiger partial charge on any atom is -0.323 e. The molecule has 0 saturated heterocycles. The third-order valence-corrected chi connectivity index (χ3v) is 3.85. The van der Waals surface area contributed by atoms with Gasteiger partial charge in [-0.05, 0) is 42.8 Å². The van der Waals surface area contributed by atoms with Gasteiger partial charge in [0, 0.05) is 34.9 Å². The van der Waals surface area contributed by atoms with E-state index in [1.54, 1.807) is 16.8 Å². The van der Waals surface area contributed by atoms with Gasteiger partial charge in [-0.1, -0.05) is 18.2 Å². The molecule has 0 atom stereocenters. The van der Waals surface area contributed by atoms with Crippen molar-refractivity contribution in [2.45, 2.75) is 6.92 Å². The smallest absolute Gasteiger partial charge is 0.247 e. The molecule has 4 rings (SSSR count). The van der Waals surface area contributed by atoms with E-state index in [1.165, 1.54) is 0 Å². The number of rotatable bonds is 4. The number of fused-ring (bicyclic) bond motifs is 1. The molecule has 3 heterocycles. The predicted octanol–water partition coefficient (Wildman–Crippen LogP) is 3.66. The number of pyridine rings is 2. The lowest BCUT2D eigenvalue weighted by atomic mass is 10.0. The third-order valence-electron chi connectivity index (χ3n) is 3.85. The summed E-state index contributed by atoms with van der Waals surface area (Å²) in [5, 5.41) is 7.67. The fourth-order valence-corrected chi connectivity index (χ4v) is 2.72. The number of nitrogens with one attached hydrogen (secondary N) is 1. The Bertz CT molecular complexity index is 1070. The Balaban J connectivity index is 1.77. The second-order valence-corrected chi connectivity index (χ2v) is 5.68. The van der Waals surface area contributed by atoms with Crippen LogP contribution in [0.25, 0.3) is 16.8 Å². The quantitative estimate of drug-likeness (QED) is 0.579. The lowest BCUT2D eigenvalue weighted by Crippen LogP contribution is -1.94. The monoisotopic (exact) mass is 329 g/mol. The summed E-state index contributed by atoms with van der Waals surface area (Å²) in [6.07, 6.45) is 4.43. The van der Waals surface area contributed by atoms with Crippen molar-refractivity contribution in [1.82, 2.24) is 19.6 Å². The number of hydrogen-bond acceptors (Lipinski definition) is 5. The SMILES string of the molecule is Cc1cc(Nc2nc3c(-c4cccc(C=O)c4)cccn3n2)ccn1. The van der Waals surface area contributed by atoms with Crippen LogP contribution in [-0.4, -0.2) is 25.9 Å². The zero-order chi connectivity index (χ0) is 17.2. The zero-order valence-corrected chi connectivity index (χ0v) is 13.5. The topological polar surface area (TPSA) is 72.2 Å². The first kappa shape index (κ1) is 15.0. The third kappa shape index (κ3) is 2.97. The Morgan fingerprint density at radius 1 is 1.12 bits per heavy atom. The number of nitrogens with zero attached hydrogens (tertiary/aromatic N) is 4. The van der Waals surface area contributed by atoms with Gasteiger partial charge < -0.3 is 5.32 Å². The number of carbonyl (C=O) groups is 1. The van der Waals surface area contributed by atoms with Crippen molar-refractivity contribution < 1.29 is 4.79 Å². The fraction of sp³-hybridized carbons (Fsp3) is 0.0526. The molecule has 6 nitrogen and oxygen atoms in total. The zero-order valence-electron chi connectivity index (χ0n) is 13.5. The predicted molar refractivity (Wildman–Crippen MR) is 96.1 cm³/mol. The number of anilines is 2. The van der Waals surface area contributed by atoms with Crippen molar-refractivity contribution >= 4 is 23.6 Å². The number of aryl methyl sites for hydroxylation is 1. The van der Waals surface area contributed by atoms with E-state index in [-0.39, 0.29) is 0 Å². The lowest BCUT2D eigenvalue weighted by Gasteiger charge is -2.03.